The molecular weight excluding hydrogens is 527 g/mol. The number of amides is 1. The largest absolute Gasteiger partial charge is 0.358 e. The van der Waals surface area contributed by atoms with E-state index in [0.29, 0.717) is 46.9 Å². The fourth-order valence-corrected chi connectivity index (χ4v) is 4.45. The summed E-state index contributed by atoms with van der Waals surface area (Å²) in [5.41, 5.74) is 3.07. The van der Waals surface area contributed by atoms with Crippen molar-refractivity contribution in [1.29, 1.82) is 5.26 Å². The minimum atomic E-state index is -0.218. The SMILES string of the molecule is CC(C)(C)NC(=S)N(CCNC(=O)Cc1cncn1Cc1ccc(C#N)cc1)Cc1cccc(Cl)c1Cl. The lowest BCUT2D eigenvalue weighted by atomic mass is 10.1. The number of carbonyl (C=O) groups is 1. The van der Waals surface area contributed by atoms with Crippen LogP contribution in [0.3, 0.4) is 0 Å². The minimum Gasteiger partial charge on any atom is -0.358 e. The summed E-state index contributed by atoms with van der Waals surface area (Å²) in [4.78, 5) is 18.9. The first-order valence-corrected chi connectivity index (χ1v) is 13.0. The van der Waals surface area contributed by atoms with E-state index in [2.05, 4.69) is 21.7 Å². The van der Waals surface area contributed by atoms with Gasteiger partial charge in [0.05, 0.1) is 34.4 Å². The van der Waals surface area contributed by atoms with Gasteiger partial charge >= 0.3 is 0 Å². The quantitative estimate of drug-likeness (QED) is 0.363. The van der Waals surface area contributed by atoms with E-state index in [9.17, 15) is 4.79 Å². The lowest BCUT2D eigenvalue weighted by Gasteiger charge is -2.31. The van der Waals surface area contributed by atoms with E-state index >= 15 is 0 Å². The average Bonchev–Trinajstić information content (AvgIpc) is 3.26. The van der Waals surface area contributed by atoms with Gasteiger partial charge in [-0.05, 0) is 62.3 Å². The number of thiocarbonyl (C=S) groups is 1. The standard InChI is InChI=1S/C27H30Cl2N6OS/c1-27(2,3)33-26(37)34(17-21-5-4-6-23(28)25(21)29)12-11-32-24(36)13-22-15-31-18-35(22)16-20-9-7-19(14-30)8-10-20/h4-10,15,18H,11-13,16-17H2,1-3H3,(H,32,36)(H,33,37). The molecule has 2 aromatic carbocycles. The fourth-order valence-electron chi connectivity index (χ4n) is 3.60. The maximum Gasteiger partial charge on any atom is 0.226 e. The molecule has 0 saturated heterocycles. The van der Waals surface area contributed by atoms with Crippen LogP contribution in [-0.4, -0.2) is 44.1 Å². The second-order valence-electron chi connectivity index (χ2n) is 9.66. The van der Waals surface area contributed by atoms with Gasteiger partial charge in [0.15, 0.2) is 5.11 Å². The van der Waals surface area contributed by atoms with Crippen LogP contribution < -0.4 is 10.6 Å². The Kier molecular flexibility index (Phi) is 9.93. The third-order valence-electron chi connectivity index (χ3n) is 5.44. The Morgan fingerprint density at radius 2 is 1.92 bits per heavy atom. The molecule has 0 unspecified atom stereocenters. The number of nitrogens with zero attached hydrogens (tertiary/aromatic N) is 4. The molecule has 0 spiro atoms. The molecule has 2 N–H and O–H groups in total. The van der Waals surface area contributed by atoms with Crippen molar-refractivity contribution in [3.63, 3.8) is 0 Å². The van der Waals surface area contributed by atoms with Gasteiger partial charge in [0.2, 0.25) is 5.91 Å². The van der Waals surface area contributed by atoms with Crippen LogP contribution in [0.1, 0.15) is 43.2 Å². The molecule has 3 rings (SSSR count). The lowest BCUT2D eigenvalue weighted by Crippen LogP contribution is -2.49. The molecule has 194 valence electrons. The number of benzene rings is 2. The number of carbonyl (C=O) groups excluding carboxylic acids is 1. The zero-order chi connectivity index (χ0) is 27.0. The molecule has 1 heterocycles. The highest BCUT2D eigenvalue weighted by molar-refractivity contribution is 7.80. The molecule has 37 heavy (non-hydrogen) atoms. The number of aromatic nitrogens is 2. The number of hydrogen-bond acceptors (Lipinski definition) is 4. The van der Waals surface area contributed by atoms with Crippen molar-refractivity contribution in [2.45, 2.75) is 45.8 Å². The van der Waals surface area contributed by atoms with E-state index in [1.54, 1.807) is 30.7 Å². The van der Waals surface area contributed by atoms with Crippen LogP contribution in [-0.2, 0) is 24.3 Å². The van der Waals surface area contributed by atoms with Crippen molar-refractivity contribution >= 4 is 46.4 Å². The summed E-state index contributed by atoms with van der Waals surface area (Å²) < 4.78 is 1.93. The van der Waals surface area contributed by atoms with Gasteiger partial charge in [-0.15, -0.1) is 0 Å². The Balaban J connectivity index is 1.59. The van der Waals surface area contributed by atoms with E-state index in [-0.39, 0.29) is 17.9 Å². The average molecular weight is 558 g/mol. The topological polar surface area (TPSA) is 86.0 Å². The highest BCUT2D eigenvalue weighted by Gasteiger charge is 2.19. The summed E-state index contributed by atoms with van der Waals surface area (Å²) in [6, 6.07) is 15.0. The smallest absolute Gasteiger partial charge is 0.226 e. The van der Waals surface area contributed by atoms with Gasteiger partial charge in [-0.3, -0.25) is 4.79 Å². The summed E-state index contributed by atoms with van der Waals surface area (Å²) in [5.74, 6) is -0.114. The van der Waals surface area contributed by atoms with Crippen molar-refractivity contribution in [1.82, 2.24) is 25.1 Å². The van der Waals surface area contributed by atoms with Crippen LogP contribution in [0.15, 0.2) is 55.0 Å². The number of imidazole rings is 1. The van der Waals surface area contributed by atoms with Gasteiger partial charge in [0, 0.05) is 43.6 Å². The second kappa shape index (κ2) is 12.9. The van der Waals surface area contributed by atoms with Gasteiger partial charge in [-0.25, -0.2) is 4.98 Å². The molecule has 0 bridgehead atoms. The molecule has 0 aliphatic carbocycles. The Morgan fingerprint density at radius 3 is 2.59 bits per heavy atom. The van der Waals surface area contributed by atoms with Crippen LogP contribution in [0.4, 0.5) is 0 Å². The van der Waals surface area contributed by atoms with Crippen LogP contribution in [0.2, 0.25) is 10.0 Å². The normalized spacial score (nSPS) is 11.0. The summed E-state index contributed by atoms with van der Waals surface area (Å²) in [6.45, 7) is 8.00. The molecule has 0 fully saturated rings. The predicted molar refractivity (Wildman–Crippen MR) is 152 cm³/mol. The maximum atomic E-state index is 12.7. The molecule has 0 aliphatic rings. The van der Waals surface area contributed by atoms with Crippen LogP contribution >= 0.6 is 35.4 Å². The third-order valence-corrected chi connectivity index (χ3v) is 6.66. The molecule has 3 aromatic rings. The second-order valence-corrected chi connectivity index (χ2v) is 10.8. The van der Waals surface area contributed by atoms with Gasteiger partial charge in [-0.2, -0.15) is 5.26 Å². The molecule has 1 aromatic heterocycles. The number of hydrogen-bond donors (Lipinski definition) is 2. The number of rotatable bonds is 9. The van der Waals surface area contributed by atoms with Crippen LogP contribution in [0, 0.1) is 11.3 Å². The van der Waals surface area contributed by atoms with Crippen molar-refractivity contribution < 1.29 is 4.79 Å². The van der Waals surface area contributed by atoms with Crippen molar-refractivity contribution in [2.24, 2.45) is 0 Å². The highest BCUT2D eigenvalue weighted by atomic mass is 35.5. The third kappa shape index (κ3) is 8.74. The number of halogens is 2. The Hall–Kier alpha value is -3.12. The first-order valence-electron chi connectivity index (χ1n) is 11.8. The Labute approximate surface area is 233 Å². The van der Waals surface area contributed by atoms with Crippen LogP contribution in [0.5, 0.6) is 0 Å². The predicted octanol–water partition coefficient (Wildman–Crippen LogP) is 4.94. The zero-order valence-electron chi connectivity index (χ0n) is 21.1. The van der Waals surface area contributed by atoms with E-state index in [1.807, 2.05) is 54.5 Å². The molecule has 1 amide bonds. The summed E-state index contributed by atoms with van der Waals surface area (Å²) in [6.07, 6.45) is 3.59. The lowest BCUT2D eigenvalue weighted by molar-refractivity contribution is -0.120. The van der Waals surface area contributed by atoms with E-state index in [4.69, 9.17) is 40.7 Å². The zero-order valence-corrected chi connectivity index (χ0v) is 23.4. The van der Waals surface area contributed by atoms with Gasteiger partial charge in [0.1, 0.15) is 0 Å². The van der Waals surface area contributed by atoms with E-state index < -0.39 is 0 Å². The molecular formula is C27H30Cl2N6OS. The molecule has 0 saturated carbocycles. The fraction of sp³-hybridized carbons (Fsp3) is 0.333. The van der Waals surface area contributed by atoms with Gasteiger partial charge in [0.25, 0.3) is 0 Å². The number of nitrogens with one attached hydrogen (secondary N) is 2. The first kappa shape index (κ1) is 28.5. The monoisotopic (exact) mass is 556 g/mol. The molecule has 7 nitrogen and oxygen atoms in total. The summed E-state index contributed by atoms with van der Waals surface area (Å²) in [7, 11) is 0. The van der Waals surface area contributed by atoms with E-state index in [1.165, 1.54) is 0 Å². The van der Waals surface area contributed by atoms with Gasteiger partial charge in [-0.1, -0.05) is 47.5 Å². The van der Waals surface area contributed by atoms with Gasteiger partial charge < -0.3 is 20.1 Å². The highest BCUT2D eigenvalue weighted by Crippen LogP contribution is 2.26. The first-order chi connectivity index (χ1) is 17.6. The van der Waals surface area contributed by atoms with Crippen molar-refractivity contribution in [3.05, 3.63) is 87.4 Å². The maximum absolute atomic E-state index is 12.7. The number of nitriles is 1. The summed E-state index contributed by atoms with van der Waals surface area (Å²) in [5, 5.41) is 16.8. The van der Waals surface area contributed by atoms with Crippen LogP contribution in [0.25, 0.3) is 0 Å². The van der Waals surface area contributed by atoms with Crippen molar-refractivity contribution in [2.75, 3.05) is 13.1 Å². The molecule has 10 heteroatoms. The molecule has 0 radical (unpaired) electrons. The Morgan fingerprint density at radius 1 is 1.19 bits per heavy atom. The van der Waals surface area contributed by atoms with E-state index in [0.717, 1.165) is 16.8 Å². The molecule has 0 aliphatic heterocycles. The minimum absolute atomic E-state index is 0.114. The summed E-state index contributed by atoms with van der Waals surface area (Å²) >= 11 is 18.3. The molecule has 0 atom stereocenters. The van der Waals surface area contributed by atoms with Crippen molar-refractivity contribution in [3.8, 4) is 6.07 Å². The Bertz CT molecular complexity index is 1280.